The Hall–Kier alpha value is -4.01. The molecule has 26 heavy (non-hydrogen) atoms. The van der Waals surface area contributed by atoms with Crippen molar-refractivity contribution in [2.75, 3.05) is 4.90 Å². The summed E-state index contributed by atoms with van der Waals surface area (Å²) in [6.07, 6.45) is 0. The van der Waals surface area contributed by atoms with E-state index < -0.39 is 40.8 Å². The second-order valence-corrected chi connectivity index (χ2v) is 5.34. The van der Waals surface area contributed by atoms with Gasteiger partial charge in [0, 0.05) is 0 Å². The van der Waals surface area contributed by atoms with Gasteiger partial charge in [-0.25, -0.2) is 4.90 Å². The number of rotatable bonds is 4. The van der Waals surface area contributed by atoms with Crippen LogP contribution >= 0.6 is 0 Å². The molecule has 9 heteroatoms. The minimum atomic E-state index is -1.72. The Balaban J connectivity index is 2.15. The molecule has 0 atom stereocenters. The third-order valence-electron chi connectivity index (χ3n) is 3.77. The smallest absolute Gasteiger partial charge is 0.266 e. The van der Waals surface area contributed by atoms with Gasteiger partial charge in [-0.15, -0.1) is 0 Å². The predicted octanol–water partition coefficient (Wildman–Crippen LogP) is -2.42. The van der Waals surface area contributed by atoms with Crippen LogP contribution in [0.25, 0.3) is 0 Å². The lowest BCUT2D eigenvalue weighted by Crippen LogP contribution is -2.31. The SMILES string of the molecule is O=C([O-])c1cc(C(=O)[O-])cc(N2C(=O)c3ccc(C(=O)[O-])cc3C2=O)c1. The van der Waals surface area contributed by atoms with Crippen molar-refractivity contribution < 1.29 is 39.3 Å². The van der Waals surface area contributed by atoms with Crippen molar-refractivity contribution in [2.45, 2.75) is 0 Å². The molecule has 3 rings (SSSR count). The quantitative estimate of drug-likeness (QED) is 0.550. The Morgan fingerprint density at radius 2 is 1.15 bits per heavy atom. The standard InChI is InChI=1S/C17H9NO8/c19-13-11-2-1-7(15(21)22)6-12(11)14(20)18(13)10-4-8(16(23)24)3-9(5-10)17(25)26/h1-6H,(H,21,22)(H,23,24)(H,25,26)/p-3. The molecule has 1 heterocycles. The van der Waals surface area contributed by atoms with Gasteiger partial charge in [0.1, 0.15) is 0 Å². The molecule has 0 N–H and O–H groups in total. The van der Waals surface area contributed by atoms with Crippen molar-refractivity contribution in [3.63, 3.8) is 0 Å². The van der Waals surface area contributed by atoms with Gasteiger partial charge in [0.05, 0.1) is 34.7 Å². The van der Waals surface area contributed by atoms with Crippen LogP contribution in [-0.2, 0) is 0 Å². The van der Waals surface area contributed by atoms with E-state index in [2.05, 4.69) is 0 Å². The summed E-state index contributed by atoms with van der Waals surface area (Å²) < 4.78 is 0. The summed E-state index contributed by atoms with van der Waals surface area (Å²) in [6, 6.07) is 5.69. The van der Waals surface area contributed by atoms with Gasteiger partial charge in [-0.1, -0.05) is 6.07 Å². The summed E-state index contributed by atoms with van der Waals surface area (Å²) in [6.45, 7) is 0. The summed E-state index contributed by atoms with van der Waals surface area (Å²) in [7, 11) is 0. The van der Waals surface area contributed by atoms with Crippen LogP contribution in [0.15, 0.2) is 36.4 Å². The molecular formula is C17H6NO8-3. The summed E-state index contributed by atoms with van der Waals surface area (Å²) in [5.74, 6) is -6.79. The van der Waals surface area contributed by atoms with Crippen molar-refractivity contribution in [2.24, 2.45) is 0 Å². The number of aromatic carboxylic acids is 3. The van der Waals surface area contributed by atoms with Crippen molar-refractivity contribution in [1.29, 1.82) is 0 Å². The van der Waals surface area contributed by atoms with Crippen molar-refractivity contribution in [1.82, 2.24) is 0 Å². The lowest BCUT2D eigenvalue weighted by Gasteiger charge is -2.17. The molecule has 130 valence electrons. The maximum Gasteiger partial charge on any atom is 0.266 e. The number of anilines is 1. The van der Waals surface area contributed by atoms with Gasteiger partial charge < -0.3 is 29.7 Å². The number of hydrogen-bond acceptors (Lipinski definition) is 8. The molecule has 0 fully saturated rings. The molecule has 0 saturated carbocycles. The van der Waals surface area contributed by atoms with Gasteiger partial charge in [-0.3, -0.25) is 9.59 Å². The third-order valence-corrected chi connectivity index (χ3v) is 3.77. The average molecular weight is 352 g/mol. The van der Waals surface area contributed by atoms with Crippen molar-refractivity contribution in [3.05, 3.63) is 64.2 Å². The monoisotopic (exact) mass is 352 g/mol. The maximum atomic E-state index is 12.5. The summed E-state index contributed by atoms with van der Waals surface area (Å²) in [5, 5.41) is 33.0. The van der Waals surface area contributed by atoms with Crippen LogP contribution in [0.3, 0.4) is 0 Å². The largest absolute Gasteiger partial charge is 0.545 e. The van der Waals surface area contributed by atoms with E-state index in [0.717, 1.165) is 36.4 Å². The number of fused-ring (bicyclic) bond motifs is 1. The Morgan fingerprint density at radius 3 is 1.65 bits per heavy atom. The van der Waals surface area contributed by atoms with E-state index in [1.165, 1.54) is 0 Å². The number of benzene rings is 2. The van der Waals surface area contributed by atoms with Crippen LogP contribution in [-0.4, -0.2) is 29.7 Å². The molecule has 2 aromatic rings. The fourth-order valence-electron chi connectivity index (χ4n) is 2.58. The normalized spacial score (nSPS) is 12.8. The molecule has 0 spiro atoms. The van der Waals surface area contributed by atoms with Crippen LogP contribution in [0.1, 0.15) is 51.8 Å². The summed E-state index contributed by atoms with van der Waals surface area (Å²) in [5.41, 5.74) is -2.15. The Kier molecular flexibility index (Phi) is 3.76. The first-order chi connectivity index (χ1) is 12.2. The number of amides is 2. The Labute approximate surface area is 144 Å². The average Bonchev–Trinajstić information content (AvgIpc) is 2.84. The minimum absolute atomic E-state index is 0.117. The highest BCUT2D eigenvalue weighted by Crippen LogP contribution is 2.30. The molecule has 2 amide bonds. The van der Waals surface area contributed by atoms with Gasteiger partial charge in [0.2, 0.25) is 0 Å². The number of carbonyl (C=O) groups is 5. The number of carboxylic acids is 3. The fraction of sp³-hybridized carbons (Fsp3) is 0. The molecule has 0 unspecified atom stereocenters. The molecular weight excluding hydrogens is 346 g/mol. The van der Waals surface area contributed by atoms with Crippen LogP contribution in [0, 0.1) is 0 Å². The molecule has 1 aliphatic rings. The molecule has 0 bridgehead atoms. The second kappa shape index (κ2) is 5.81. The first kappa shape index (κ1) is 16.8. The van der Waals surface area contributed by atoms with Crippen LogP contribution in [0.4, 0.5) is 5.69 Å². The van der Waals surface area contributed by atoms with Crippen LogP contribution < -0.4 is 20.2 Å². The van der Waals surface area contributed by atoms with E-state index in [0.29, 0.717) is 4.90 Å². The minimum Gasteiger partial charge on any atom is -0.545 e. The van der Waals surface area contributed by atoms with Crippen LogP contribution in [0.2, 0.25) is 0 Å². The van der Waals surface area contributed by atoms with Gasteiger partial charge in [-0.2, -0.15) is 0 Å². The predicted molar refractivity (Wildman–Crippen MR) is 77.0 cm³/mol. The van der Waals surface area contributed by atoms with Gasteiger partial charge in [-0.05, 0) is 47.0 Å². The summed E-state index contributed by atoms with van der Waals surface area (Å²) in [4.78, 5) is 58.6. The van der Waals surface area contributed by atoms with E-state index >= 15 is 0 Å². The maximum absolute atomic E-state index is 12.5. The molecule has 0 saturated heterocycles. The zero-order valence-corrected chi connectivity index (χ0v) is 12.7. The highest BCUT2D eigenvalue weighted by Gasteiger charge is 2.37. The van der Waals surface area contributed by atoms with E-state index in [4.69, 9.17) is 0 Å². The first-order valence-electron chi connectivity index (χ1n) is 7.02. The number of hydrogen-bond donors (Lipinski definition) is 0. The van der Waals surface area contributed by atoms with Gasteiger partial charge in [0.25, 0.3) is 11.8 Å². The number of carboxylic acid groups (broad SMARTS) is 3. The van der Waals surface area contributed by atoms with Crippen molar-refractivity contribution >= 4 is 35.4 Å². The lowest BCUT2D eigenvalue weighted by molar-refractivity contribution is -0.256. The number of nitrogens with zero attached hydrogens (tertiary/aromatic N) is 1. The Morgan fingerprint density at radius 1 is 0.654 bits per heavy atom. The van der Waals surface area contributed by atoms with Gasteiger partial charge in [0.15, 0.2) is 0 Å². The van der Waals surface area contributed by atoms with E-state index in [9.17, 15) is 39.3 Å². The Bertz CT molecular complexity index is 991. The molecule has 0 aromatic heterocycles. The molecule has 0 aliphatic carbocycles. The molecule has 2 aromatic carbocycles. The molecule has 0 radical (unpaired) electrons. The summed E-state index contributed by atoms with van der Waals surface area (Å²) >= 11 is 0. The van der Waals surface area contributed by atoms with Crippen molar-refractivity contribution in [3.8, 4) is 0 Å². The van der Waals surface area contributed by atoms with E-state index in [-0.39, 0.29) is 22.4 Å². The third kappa shape index (κ3) is 2.57. The van der Waals surface area contributed by atoms with Crippen LogP contribution in [0.5, 0.6) is 0 Å². The lowest BCUT2D eigenvalue weighted by atomic mass is 10.1. The zero-order chi connectivity index (χ0) is 19.2. The molecule has 9 nitrogen and oxygen atoms in total. The highest BCUT2D eigenvalue weighted by molar-refractivity contribution is 6.34. The zero-order valence-electron chi connectivity index (χ0n) is 12.7. The fourth-order valence-corrected chi connectivity index (χ4v) is 2.58. The van der Waals surface area contributed by atoms with E-state index in [1.807, 2.05) is 0 Å². The molecule has 1 aliphatic heterocycles. The van der Waals surface area contributed by atoms with E-state index in [1.54, 1.807) is 0 Å². The first-order valence-corrected chi connectivity index (χ1v) is 7.02. The van der Waals surface area contributed by atoms with Gasteiger partial charge >= 0.3 is 0 Å². The number of carbonyl (C=O) groups excluding carboxylic acids is 5. The topological polar surface area (TPSA) is 158 Å². The highest BCUT2D eigenvalue weighted by atomic mass is 16.4. The second-order valence-electron chi connectivity index (χ2n) is 5.34. The number of imide groups is 1.